The highest BCUT2D eigenvalue weighted by atomic mass is 16.5. The number of hydrogen-bond acceptors (Lipinski definition) is 5. The summed E-state index contributed by atoms with van der Waals surface area (Å²) in [5.74, 6) is 1.39. The van der Waals surface area contributed by atoms with Crippen LogP contribution >= 0.6 is 0 Å². The molecule has 8 nitrogen and oxygen atoms in total. The first-order chi connectivity index (χ1) is 12.4. The van der Waals surface area contributed by atoms with Crippen molar-refractivity contribution in [3.63, 3.8) is 0 Å². The zero-order valence-corrected chi connectivity index (χ0v) is 15.5. The molecule has 1 aliphatic heterocycles. The number of aromatic amines is 1. The predicted octanol–water partition coefficient (Wildman–Crippen LogP) is 2.26. The standard InChI is InChI=1S/C18H23N3O5/c1-9(2)21-17-15(18(23)20-21)11(8-14(22)19-17)10-6-12(24-3)16(26-5)13(7-10)25-4/h6-7,9,11H,8H2,1-5H3,(H,19,22)(H,20,23). The molecule has 0 aliphatic carbocycles. The van der Waals surface area contributed by atoms with E-state index in [2.05, 4.69) is 10.4 Å². The number of amides is 1. The summed E-state index contributed by atoms with van der Waals surface area (Å²) >= 11 is 0. The summed E-state index contributed by atoms with van der Waals surface area (Å²) in [7, 11) is 4.59. The van der Waals surface area contributed by atoms with Gasteiger partial charge in [-0.05, 0) is 31.5 Å². The molecule has 0 bridgehead atoms. The third kappa shape index (κ3) is 2.81. The van der Waals surface area contributed by atoms with Crippen LogP contribution in [0.2, 0.25) is 0 Å². The molecule has 0 saturated heterocycles. The van der Waals surface area contributed by atoms with E-state index in [9.17, 15) is 9.59 Å². The SMILES string of the molecule is COc1cc(C2CC(=O)Nc3c2c(=O)[nH]n3C(C)C)cc(OC)c1OC. The molecule has 2 heterocycles. The molecule has 26 heavy (non-hydrogen) atoms. The summed E-state index contributed by atoms with van der Waals surface area (Å²) in [4.78, 5) is 24.9. The maximum absolute atomic E-state index is 12.6. The number of carbonyl (C=O) groups is 1. The molecule has 1 unspecified atom stereocenters. The number of fused-ring (bicyclic) bond motifs is 1. The van der Waals surface area contributed by atoms with Gasteiger partial charge in [0.05, 0.1) is 26.9 Å². The number of benzene rings is 1. The molecule has 3 rings (SSSR count). The normalized spacial score (nSPS) is 16.2. The average Bonchev–Trinajstić information content (AvgIpc) is 2.96. The van der Waals surface area contributed by atoms with Crippen LogP contribution in [0.5, 0.6) is 17.2 Å². The molecule has 0 spiro atoms. The summed E-state index contributed by atoms with van der Waals surface area (Å²) in [5, 5.41) is 5.63. The fourth-order valence-corrected chi connectivity index (χ4v) is 3.36. The molecular formula is C18H23N3O5. The minimum absolute atomic E-state index is 0.00504. The number of H-pyrrole nitrogens is 1. The largest absolute Gasteiger partial charge is 0.493 e. The topological polar surface area (TPSA) is 94.6 Å². The molecule has 0 fully saturated rings. The van der Waals surface area contributed by atoms with Gasteiger partial charge in [0.1, 0.15) is 5.82 Å². The van der Waals surface area contributed by atoms with Gasteiger partial charge in [0, 0.05) is 18.4 Å². The van der Waals surface area contributed by atoms with Crippen LogP contribution in [0.15, 0.2) is 16.9 Å². The zero-order valence-electron chi connectivity index (χ0n) is 15.5. The van der Waals surface area contributed by atoms with Crippen LogP contribution in [0.1, 0.15) is 43.4 Å². The van der Waals surface area contributed by atoms with E-state index in [0.29, 0.717) is 28.6 Å². The Kier molecular flexibility index (Phi) is 4.67. The third-order valence-corrected chi connectivity index (χ3v) is 4.56. The number of ether oxygens (including phenoxy) is 3. The molecule has 8 heteroatoms. The van der Waals surface area contributed by atoms with Crippen molar-refractivity contribution in [3.8, 4) is 17.2 Å². The summed E-state index contributed by atoms with van der Waals surface area (Å²) in [6.45, 7) is 3.87. The van der Waals surface area contributed by atoms with E-state index in [0.717, 1.165) is 5.56 Å². The van der Waals surface area contributed by atoms with Gasteiger partial charge in [0.15, 0.2) is 11.5 Å². The Morgan fingerprint density at radius 3 is 2.19 bits per heavy atom. The van der Waals surface area contributed by atoms with Gasteiger partial charge >= 0.3 is 0 Å². The van der Waals surface area contributed by atoms with Gasteiger partial charge in [-0.1, -0.05) is 0 Å². The molecule has 1 aromatic carbocycles. The van der Waals surface area contributed by atoms with Crippen LogP contribution in [0.25, 0.3) is 0 Å². The predicted molar refractivity (Wildman–Crippen MR) is 96.6 cm³/mol. The first-order valence-electron chi connectivity index (χ1n) is 8.35. The third-order valence-electron chi connectivity index (χ3n) is 4.56. The summed E-state index contributed by atoms with van der Waals surface area (Å²) in [5.41, 5.74) is 1.07. The Bertz CT molecular complexity index is 872. The Labute approximate surface area is 151 Å². The van der Waals surface area contributed by atoms with Gasteiger partial charge in [0.2, 0.25) is 11.7 Å². The van der Waals surface area contributed by atoms with Crippen LogP contribution < -0.4 is 25.1 Å². The Morgan fingerprint density at radius 2 is 1.69 bits per heavy atom. The van der Waals surface area contributed by atoms with Crippen molar-refractivity contribution < 1.29 is 19.0 Å². The fraction of sp³-hybridized carbons (Fsp3) is 0.444. The average molecular weight is 361 g/mol. The van der Waals surface area contributed by atoms with E-state index >= 15 is 0 Å². The minimum Gasteiger partial charge on any atom is -0.493 e. The quantitative estimate of drug-likeness (QED) is 0.852. The van der Waals surface area contributed by atoms with Crippen molar-refractivity contribution in [1.29, 1.82) is 0 Å². The number of aromatic nitrogens is 2. The van der Waals surface area contributed by atoms with E-state index in [1.165, 1.54) is 21.3 Å². The van der Waals surface area contributed by atoms with Crippen LogP contribution in [-0.4, -0.2) is 37.0 Å². The Morgan fingerprint density at radius 1 is 1.08 bits per heavy atom. The van der Waals surface area contributed by atoms with Crippen LogP contribution in [0, 0.1) is 0 Å². The van der Waals surface area contributed by atoms with E-state index in [1.807, 2.05) is 13.8 Å². The number of carbonyl (C=O) groups excluding carboxylic acids is 1. The lowest BCUT2D eigenvalue weighted by Crippen LogP contribution is -2.27. The molecular weight excluding hydrogens is 338 g/mol. The van der Waals surface area contributed by atoms with Gasteiger partial charge in [-0.2, -0.15) is 0 Å². The molecule has 1 atom stereocenters. The molecule has 0 radical (unpaired) electrons. The number of nitrogens with one attached hydrogen (secondary N) is 2. The maximum atomic E-state index is 12.6. The number of nitrogens with zero attached hydrogens (tertiary/aromatic N) is 1. The van der Waals surface area contributed by atoms with Crippen molar-refractivity contribution in [1.82, 2.24) is 9.78 Å². The van der Waals surface area contributed by atoms with E-state index in [1.54, 1.807) is 16.8 Å². The number of methoxy groups -OCH3 is 3. The zero-order chi connectivity index (χ0) is 19.0. The number of anilines is 1. The summed E-state index contributed by atoms with van der Waals surface area (Å²) in [6.07, 6.45) is 0.164. The molecule has 2 aromatic rings. The van der Waals surface area contributed by atoms with Gasteiger partial charge < -0.3 is 19.5 Å². The molecule has 1 amide bonds. The smallest absolute Gasteiger partial charge is 0.270 e. The van der Waals surface area contributed by atoms with Crippen molar-refractivity contribution in [2.75, 3.05) is 26.6 Å². The van der Waals surface area contributed by atoms with Gasteiger partial charge in [-0.3, -0.25) is 19.4 Å². The summed E-state index contributed by atoms with van der Waals surface area (Å²) < 4.78 is 17.8. The monoisotopic (exact) mass is 361 g/mol. The molecule has 2 N–H and O–H groups in total. The van der Waals surface area contributed by atoms with E-state index in [4.69, 9.17) is 14.2 Å². The summed E-state index contributed by atoms with van der Waals surface area (Å²) in [6, 6.07) is 3.56. The van der Waals surface area contributed by atoms with Crippen molar-refractivity contribution >= 4 is 11.7 Å². The number of rotatable bonds is 5. The maximum Gasteiger partial charge on any atom is 0.270 e. The van der Waals surface area contributed by atoms with Crippen LogP contribution in [0.4, 0.5) is 5.82 Å². The van der Waals surface area contributed by atoms with Gasteiger partial charge in [-0.15, -0.1) is 0 Å². The highest BCUT2D eigenvalue weighted by Gasteiger charge is 2.34. The lowest BCUT2D eigenvalue weighted by atomic mass is 9.86. The highest BCUT2D eigenvalue weighted by molar-refractivity contribution is 5.94. The van der Waals surface area contributed by atoms with Crippen LogP contribution in [0.3, 0.4) is 0 Å². The lowest BCUT2D eigenvalue weighted by Gasteiger charge is -2.25. The van der Waals surface area contributed by atoms with Crippen molar-refractivity contribution in [2.24, 2.45) is 0 Å². The van der Waals surface area contributed by atoms with E-state index < -0.39 is 5.92 Å². The first kappa shape index (κ1) is 17.9. The van der Waals surface area contributed by atoms with E-state index in [-0.39, 0.29) is 23.9 Å². The van der Waals surface area contributed by atoms with Gasteiger partial charge in [0.25, 0.3) is 5.56 Å². The highest BCUT2D eigenvalue weighted by Crippen LogP contribution is 2.43. The lowest BCUT2D eigenvalue weighted by molar-refractivity contribution is -0.116. The second kappa shape index (κ2) is 6.78. The number of hydrogen-bond donors (Lipinski definition) is 2. The van der Waals surface area contributed by atoms with Crippen molar-refractivity contribution in [2.45, 2.75) is 32.2 Å². The Balaban J connectivity index is 2.20. The minimum atomic E-state index is -0.406. The second-order valence-corrected chi connectivity index (χ2v) is 6.43. The van der Waals surface area contributed by atoms with Gasteiger partial charge in [-0.25, -0.2) is 0 Å². The molecule has 140 valence electrons. The van der Waals surface area contributed by atoms with Crippen molar-refractivity contribution in [3.05, 3.63) is 33.6 Å². The first-order valence-corrected chi connectivity index (χ1v) is 8.35. The molecule has 1 aromatic heterocycles. The fourth-order valence-electron chi connectivity index (χ4n) is 3.36. The second-order valence-electron chi connectivity index (χ2n) is 6.43. The Hall–Kier alpha value is -2.90. The molecule has 1 aliphatic rings. The van der Waals surface area contributed by atoms with Crippen LogP contribution in [-0.2, 0) is 4.79 Å². The molecule has 0 saturated carbocycles.